The van der Waals surface area contributed by atoms with Crippen LogP contribution in [0.25, 0.3) is 0 Å². The van der Waals surface area contributed by atoms with Gasteiger partial charge in [0.05, 0.1) is 15.8 Å². The lowest BCUT2D eigenvalue weighted by molar-refractivity contribution is 0.0786. The van der Waals surface area contributed by atoms with Gasteiger partial charge in [-0.3, -0.25) is 4.79 Å². The molecule has 8 heteroatoms. The number of amides is 1. The van der Waals surface area contributed by atoms with Crippen LogP contribution < -0.4 is 4.72 Å². The highest BCUT2D eigenvalue weighted by atomic mass is 35.5. The Labute approximate surface area is 144 Å². The van der Waals surface area contributed by atoms with E-state index >= 15 is 0 Å². The van der Waals surface area contributed by atoms with E-state index in [9.17, 15) is 13.2 Å². The van der Waals surface area contributed by atoms with Gasteiger partial charge < -0.3 is 4.90 Å². The van der Waals surface area contributed by atoms with E-state index in [1.54, 1.807) is 32.2 Å². The lowest BCUT2D eigenvalue weighted by Gasteiger charge is -2.16. The Kier molecular flexibility index (Phi) is 5.80. The van der Waals surface area contributed by atoms with Crippen LogP contribution in [0.3, 0.4) is 0 Å². The molecular formula is C15H17ClN2O3S2. The second kappa shape index (κ2) is 7.44. The molecule has 2 aromatic rings. The van der Waals surface area contributed by atoms with Gasteiger partial charge in [-0.25, -0.2) is 13.1 Å². The zero-order chi connectivity index (χ0) is 17.0. The van der Waals surface area contributed by atoms with Crippen molar-refractivity contribution in [3.05, 3.63) is 51.2 Å². The number of hydrogen-bond acceptors (Lipinski definition) is 4. The third-order valence-electron chi connectivity index (χ3n) is 3.09. The minimum atomic E-state index is -3.58. The molecule has 0 aliphatic heterocycles. The van der Waals surface area contributed by atoms with Crippen LogP contribution in [0.5, 0.6) is 0 Å². The van der Waals surface area contributed by atoms with Crippen molar-refractivity contribution in [2.24, 2.45) is 0 Å². The van der Waals surface area contributed by atoms with E-state index in [2.05, 4.69) is 4.72 Å². The monoisotopic (exact) mass is 372 g/mol. The normalized spacial score (nSPS) is 11.4. The average Bonchev–Trinajstić information content (AvgIpc) is 2.91. The van der Waals surface area contributed by atoms with E-state index in [1.807, 2.05) is 6.07 Å². The van der Waals surface area contributed by atoms with Crippen molar-refractivity contribution >= 4 is 38.9 Å². The number of rotatable bonds is 6. The molecule has 0 unspecified atom stereocenters. The number of nitrogens with zero attached hydrogens (tertiary/aromatic N) is 1. The molecule has 2 rings (SSSR count). The van der Waals surface area contributed by atoms with Crippen LogP contribution >= 0.6 is 22.9 Å². The molecule has 1 amide bonds. The summed E-state index contributed by atoms with van der Waals surface area (Å²) in [4.78, 5) is 15.0. The number of thiophene rings is 1. The van der Waals surface area contributed by atoms with Crippen LogP contribution in [-0.4, -0.2) is 32.8 Å². The molecule has 0 spiro atoms. The molecular weight excluding hydrogens is 356 g/mol. The summed E-state index contributed by atoms with van der Waals surface area (Å²) < 4.78 is 27.1. The lowest BCUT2D eigenvalue weighted by atomic mass is 10.2. The van der Waals surface area contributed by atoms with E-state index in [0.717, 1.165) is 4.88 Å². The fraction of sp³-hybridized carbons (Fsp3) is 0.267. The second-order valence-electron chi connectivity index (χ2n) is 4.90. The Morgan fingerprint density at radius 2 is 2.04 bits per heavy atom. The summed E-state index contributed by atoms with van der Waals surface area (Å²) in [6.07, 6.45) is 0. The molecule has 0 fully saturated rings. The molecule has 0 aliphatic carbocycles. The summed E-state index contributed by atoms with van der Waals surface area (Å²) in [7, 11) is -1.92. The minimum Gasteiger partial charge on any atom is -0.337 e. The lowest BCUT2D eigenvalue weighted by Crippen LogP contribution is -2.27. The van der Waals surface area contributed by atoms with Crippen molar-refractivity contribution < 1.29 is 13.2 Å². The topological polar surface area (TPSA) is 66.5 Å². The predicted molar refractivity (Wildman–Crippen MR) is 92.4 cm³/mol. The molecule has 0 aliphatic rings. The van der Waals surface area contributed by atoms with Crippen molar-refractivity contribution in [2.45, 2.75) is 18.4 Å². The maximum absolute atomic E-state index is 12.5. The molecule has 1 heterocycles. The number of carbonyl (C=O) groups is 1. The predicted octanol–water partition coefficient (Wildman–Crippen LogP) is 2.97. The van der Waals surface area contributed by atoms with Crippen molar-refractivity contribution in [3.63, 3.8) is 0 Å². The SMILES string of the molecule is CCNS(=O)(=O)c1cccc(C(=O)N(C)Cc2ccc(Cl)s2)c1. The largest absolute Gasteiger partial charge is 0.337 e. The summed E-state index contributed by atoms with van der Waals surface area (Å²) in [5, 5.41) is 0. The smallest absolute Gasteiger partial charge is 0.253 e. The van der Waals surface area contributed by atoms with Gasteiger partial charge in [-0.2, -0.15) is 0 Å². The summed E-state index contributed by atoms with van der Waals surface area (Å²) >= 11 is 7.29. The first-order valence-electron chi connectivity index (χ1n) is 6.93. The zero-order valence-corrected chi connectivity index (χ0v) is 15.1. The Hall–Kier alpha value is -1.41. The number of hydrogen-bond donors (Lipinski definition) is 1. The minimum absolute atomic E-state index is 0.0813. The van der Waals surface area contributed by atoms with Crippen LogP contribution in [0.2, 0.25) is 4.34 Å². The van der Waals surface area contributed by atoms with E-state index in [1.165, 1.54) is 28.4 Å². The molecule has 0 atom stereocenters. The number of carbonyl (C=O) groups excluding carboxylic acids is 1. The maximum atomic E-state index is 12.5. The van der Waals surface area contributed by atoms with Crippen molar-refractivity contribution in [1.82, 2.24) is 9.62 Å². The van der Waals surface area contributed by atoms with Gasteiger partial charge in [0.25, 0.3) is 5.91 Å². The molecule has 1 N–H and O–H groups in total. The van der Waals surface area contributed by atoms with Gasteiger partial charge in [-0.1, -0.05) is 24.6 Å². The highest BCUT2D eigenvalue weighted by Gasteiger charge is 2.17. The number of nitrogens with one attached hydrogen (secondary N) is 1. The maximum Gasteiger partial charge on any atom is 0.253 e. The molecule has 0 saturated heterocycles. The Morgan fingerprint density at radius 3 is 2.65 bits per heavy atom. The summed E-state index contributed by atoms with van der Waals surface area (Å²) in [5.74, 6) is -0.247. The van der Waals surface area contributed by atoms with Gasteiger partial charge in [-0.15, -0.1) is 11.3 Å². The molecule has 0 radical (unpaired) electrons. The number of benzene rings is 1. The van der Waals surface area contributed by atoms with Crippen molar-refractivity contribution in [2.75, 3.05) is 13.6 Å². The van der Waals surface area contributed by atoms with Gasteiger partial charge in [0, 0.05) is 24.0 Å². The van der Waals surface area contributed by atoms with Gasteiger partial charge in [0.1, 0.15) is 0 Å². The first-order chi connectivity index (χ1) is 10.8. The van der Waals surface area contributed by atoms with Gasteiger partial charge in [-0.05, 0) is 30.3 Å². The van der Waals surface area contributed by atoms with Crippen molar-refractivity contribution in [3.8, 4) is 0 Å². The zero-order valence-electron chi connectivity index (χ0n) is 12.7. The van der Waals surface area contributed by atoms with E-state index < -0.39 is 10.0 Å². The van der Waals surface area contributed by atoms with Gasteiger partial charge in [0.15, 0.2) is 0 Å². The number of sulfonamides is 1. The standard InChI is InChI=1S/C15H17ClN2O3S2/c1-3-17-23(20,21)13-6-4-5-11(9-13)15(19)18(2)10-12-7-8-14(16)22-12/h4-9,17H,3,10H2,1-2H3. The van der Waals surface area contributed by atoms with Crippen LogP contribution in [-0.2, 0) is 16.6 Å². The van der Waals surface area contributed by atoms with Gasteiger partial charge in [0.2, 0.25) is 10.0 Å². The first kappa shape index (κ1) is 17.9. The molecule has 23 heavy (non-hydrogen) atoms. The van der Waals surface area contributed by atoms with Crippen LogP contribution in [0.15, 0.2) is 41.3 Å². The highest BCUT2D eigenvalue weighted by Crippen LogP contribution is 2.23. The second-order valence-corrected chi connectivity index (χ2v) is 8.46. The van der Waals surface area contributed by atoms with Crippen LogP contribution in [0.1, 0.15) is 22.2 Å². The highest BCUT2D eigenvalue weighted by molar-refractivity contribution is 7.89. The fourth-order valence-electron chi connectivity index (χ4n) is 2.03. The number of halogens is 1. The van der Waals surface area contributed by atoms with Crippen LogP contribution in [0.4, 0.5) is 0 Å². The van der Waals surface area contributed by atoms with Crippen molar-refractivity contribution in [1.29, 1.82) is 0 Å². The third kappa shape index (κ3) is 4.54. The Morgan fingerprint density at radius 1 is 1.30 bits per heavy atom. The summed E-state index contributed by atoms with van der Waals surface area (Å²) in [6, 6.07) is 9.66. The Balaban J connectivity index is 2.19. The van der Waals surface area contributed by atoms with Gasteiger partial charge >= 0.3 is 0 Å². The molecule has 1 aromatic heterocycles. The first-order valence-corrected chi connectivity index (χ1v) is 9.60. The summed E-state index contributed by atoms with van der Waals surface area (Å²) in [6.45, 7) is 2.41. The third-order valence-corrected chi connectivity index (χ3v) is 5.85. The molecule has 5 nitrogen and oxygen atoms in total. The molecule has 0 bridgehead atoms. The average molecular weight is 373 g/mol. The van der Waals surface area contributed by atoms with E-state index in [-0.39, 0.29) is 10.8 Å². The van der Waals surface area contributed by atoms with Crippen LogP contribution in [0, 0.1) is 0 Å². The fourth-order valence-corrected chi connectivity index (χ4v) is 4.26. The molecule has 1 aromatic carbocycles. The quantitative estimate of drug-likeness (QED) is 0.847. The molecule has 124 valence electrons. The Bertz CT molecular complexity index is 803. The van der Waals surface area contributed by atoms with E-state index in [4.69, 9.17) is 11.6 Å². The summed E-state index contributed by atoms with van der Waals surface area (Å²) in [5.41, 5.74) is 0.328. The van der Waals surface area contributed by atoms with E-state index in [0.29, 0.717) is 23.0 Å². The molecule has 0 saturated carbocycles.